The van der Waals surface area contributed by atoms with Crippen molar-refractivity contribution < 1.29 is 33.8 Å². The molecule has 2 saturated heterocycles. The normalized spacial score (nSPS) is 25.7. The van der Waals surface area contributed by atoms with Crippen molar-refractivity contribution in [3.05, 3.63) is 35.5 Å². The number of hydrogen-bond donors (Lipinski definition) is 5. The van der Waals surface area contributed by atoms with Crippen LogP contribution in [0.15, 0.2) is 30.3 Å². The summed E-state index contributed by atoms with van der Waals surface area (Å²) in [5.74, 6) is -3.35. The lowest BCUT2D eigenvalue weighted by molar-refractivity contribution is -1.01. The van der Waals surface area contributed by atoms with Crippen LogP contribution in [0.2, 0.25) is 0 Å². The number of carbonyl (C=O) groups is 5. The standard InChI is InChI=1S/C20H26N6O7/c27-11-15(8-18(29)30)22-19(31)13-9-21-12-25-17(28)7-6-16(26(25,33)10-13)24-20(32)23-14-4-2-1-3-5-14/h1-5,11,13,15-16,21H,6-10,12H2,(H,22,31)(H,29,30)(H2,23,24,32). The number of aliphatic carboxylic acids is 1. The van der Waals surface area contributed by atoms with Crippen LogP contribution >= 0.6 is 0 Å². The van der Waals surface area contributed by atoms with Crippen LogP contribution in [-0.4, -0.2) is 76.9 Å². The van der Waals surface area contributed by atoms with Gasteiger partial charge in [-0.1, -0.05) is 18.2 Å². The third-order valence-corrected chi connectivity index (χ3v) is 5.54. The average molecular weight is 462 g/mol. The average Bonchev–Trinajstić information content (AvgIpc) is 2.96. The molecule has 2 fully saturated rings. The third kappa shape index (κ3) is 5.83. The largest absolute Gasteiger partial charge is 0.604 e. The van der Waals surface area contributed by atoms with Crippen molar-refractivity contribution in [2.75, 3.05) is 25.1 Å². The summed E-state index contributed by atoms with van der Waals surface area (Å²) < 4.78 is -1.28. The van der Waals surface area contributed by atoms with E-state index in [1.807, 2.05) is 0 Å². The summed E-state index contributed by atoms with van der Waals surface area (Å²) in [4.78, 5) is 59.7. The summed E-state index contributed by atoms with van der Waals surface area (Å²) in [5, 5.41) is 34.3. The van der Waals surface area contributed by atoms with Gasteiger partial charge in [0.1, 0.15) is 25.4 Å². The summed E-state index contributed by atoms with van der Waals surface area (Å²) in [6, 6.07) is 6.73. The van der Waals surface area contributed by atoms with E-state index in [1.165, 1.54) is 0 Å². The zero-order valence-corrected chi connectivity index (χ0v) is 17.7. The molecule has 2 aliphatic heterocycles. The second-order valence-corrected chi connectivity index (χ2v) is 7.91. The molecule has 2 heterocycles. The van der Waals surface area contributed by atoms with Crippen LogP contribution < -0.4 is 21.3 Å². The Morgan fingerprint density at radius 3 is 2.70 bits per heavy atom. The Hall–Kier alpha value is -3.55. The topological polar surface area (TPSA) is 180 Å². The fourth-order valence-electron chi connectivity index (χ4n) is 3.92. The highest BCUT2D eigenvalue weighted by molar-refractivity contribution is 5.89. The number of rotatable bonds is 7. The first-order chi connectivity index (χ1) is 15.7. The summed E-state index contributed by atoms with van der Waals surface area (Å²) in [7, 11) is 0. The molecule has 4 atom stereocenters. The number of para-hydroxylation sites is 1. The van der Waals surface area contributed by atoms with Crippen molar-refractivity contribution in [2.24, 2.45) is 5.92 Å². The number of nitrogens with one attached hydrogen (secondary N) is 4. The first kappa shape index (κ1) is 24.1. The Morgan fingerprint density at radius 2 is 2.03 bits per heavy atom. The SMILES string of the molecule is O=CC(CC(=O)O)NC(=O)C1CNCN2C(=O)CCC(NC(=O)Nc3ccccc3)[N+]2([O-])C1. The van der Waals surface area contributed by atoms with Crippen molar-refractivity contribution in [2.45, 2.75) is 31.5 Å². The molecule has 0 aliphatic carbocycles. The van der Waals surface area contributed by atoms with Gasteiger partial charge in [0, 0.05) is 25.1 Å². The fourth-order valence-corrected chi connectivity index (χ4v) is 3.92. The number of fused-ring (bicyclic) bond motifs is 1. The number of carboxylic acids is 1. The molecular weight excluding hydrogens is 436 g/mol. The molecular formula is C20H26N6O7. The molecule has 0 bridgehead atoms. The van der Waals surface area contributed by atoms with Crippen LogP contribution in [0, 0.1) is 11.1 Å². The molecule has 2 aliphatic rings. The quantitative estimate of drug-likeness (QED) is 0.201. The van der Waals surface area contributed by atoms with Crippen LogP contribution in [0.1, 0.15) is 19.3 Å². The number of carbonyl (C=O) groups excluding carboxylic acids is 4. The number of amides is 4. The van der Waals surface area contributed by atoms with E-state index in [9.17, 15) is 29.2 Å². The maximum Gasteiger partial charge on any atom is 0.323 e. The predicted molar refractivity (Wildman–Crippen MR) is 114 cm³/mol. The molecule has 0 saturated carbocycles. The zero-order valence-electron chi connectivity index (χ0n) is 17.7. The molecule has 0 radical (unpaired) electrons. The number of anilines is 1. The molecule has 0 spiro atoms. The summed E-state index contributed by atoms with van der Waals surface area (Å²) in [5.41, 5.74) is 0.518. The van der Waals surface area contributed by atoms with Crippen molar-refractivity contribution >= 4 is 35.8 Å². The van der Waals surface area contributed by atoms with Gasteiger partial charge < -0.3 is 25.7 Å². The molecule has 4 amide bonds. The van der Waals surface area contributed by atoms with Gasteiger partial charge in [0.25, 0.3) is 5.91 Å². The molecule has 4 unspecified atom stereocenters. The van der Waals surface area contributed by atoms with Gasteiger partial charge in [-0.05, 0) is 12.1 Å². The lowest BCUT2D eigenvalue weighted by Crippen LogP contribution is -2.72. The van der Waals surface area contributed by atoms with Crippen LogP contribution in [0.5, 0.6) is 0 Å². The Labute approximate surface area is 189 Å². The van der Waals surface area contributed by atoms with E-state index in [0.717, 1.165) is 5.01 Å². The van der Waals surface area contributed by atoms with Gasteiger partial charge in [0.05, 0.1) is 12.5 Å². The molecule has 3 rings (SSSR count). The number of benzene rings is 1. The van der Waals surface area contributed by atoms with E-state index in [0.29, 0.717) is 12.0 Å². The molecule has 13 nitrogen and oxygen atoms in total. The number of hydroxylamine groups is 2. The molecule has 5 N–H and O–H groups in total. The highest BCUT2D eigenvalue weighted by Crippen LogP contribution is 2.29. The first-order valence-electron chi connectivity index (χ1n) is 10.4. The second kappa shape index (κ2) is 10.4. The predicted octanol–water partition coefficient (Wildman–Crippen LogP) is -0.678. The summed E-state index contributed by atoms with van der Waals surface area (Å²) >= 11 is 0. The van der Waals surface area contributed by atoms with E-state index in [1.54, 1.807) is 30.3 Å². The monoisotopic (exact) mass is 462 g/mol. The van der Waals surface area contributed by atoms with E-state index in [4.69, 9.17) is 5.11 Å². The minimum absolute atomic E-state index is 0.0272. The van der Waals surface area contributed by atoms with E-state index in [-0.39, 0.29) is 32.6 Å². The Kier molecular flexibility index (Phi) is 7.58. The lowest BCUT2D eigenvalue weighted by Gasteiger charge is -2.55. The van der Waals surface area contributed by atoms with Gasteiger partial charge in [-0.3, -0.25) is 25.0 Å². The van der Waals surface area contributed by atoms with Crippen LogP contribution in [0.25, 0.3) is 0 Å². The van der Waals surface area contributed by atoms with Crippen LogP contribution in [-0.2, 0) is 19.2 Å². The number of aldehydes is 1. The highest BCUT2D eigenvalue weighted by Gasteiger charge is 2.48. The minimum Gasteiger partial charge on any atom is -0.604 e. The van der Waals surface area contributed by atoms with Gasteiger partial charge in [0.2, 0.25) is 5.91 Å². The zero-order chi connectivity index (χ0) is 24.0. The van der Waals surface area contributed by atoms with Crippen LogP contribution in [0.4, 0.5) is 10.5 Å². The molecule has 33 heavy (non-hydrogen) atoms. The molecule has 178 valence electrons. The van der Waals surface area contributed by atoms with E-state index < -0.39 is 53.1 Å². The van der Waals surface area contributed by atoms with E-state index >= 15 is 0 Å². The van der Waals surface area contributed by atoms with Crippen molar-refractivity contribution in [3.63, 3.8) is 0 Å². The minimum atomic E-state index is -1.28. The van der Waals surface area contributed by atoms with Crippen molar-refractivity contribution in [1.29, 1.82) is 0 Å². The highest BCUT2D eigenvalue weighted by atomic mass is 16.6. The lowest BCUT2D eigenvalue weighted by atomic mass is 10.1. The van der Waals surface area contributed by atoms with Crippen LogP contribution in [0.3, 0.4) is 0 Å². The van der Waals surface area contributed by atoms with E-state index in [2.05, 4.69) is 21.3 Å². The number of urea groups is 1. The molecule has 13 heteroatoms. The Morgan fingerprint density at radius 1 is 1.30 bits per heavy atom. The Balaban J connectivity index is 1.75. The number of nitrogens with zero attached hydrogens (tertiary/aromatic N) is 2. The fraction of sp³-hybridized carbons (Fsp3) is 0.450. The maximum atomic E-state index is 13.9. The maximum absolute atomic E-state index is 13.9. The number of quaternary nitrogens is 1. The van der Waals surface area contributed by atoms with Gasteiger partial charge in [-0.25, -0.2) is 9.55 Å². The van der Waals surface area contributed by atoms with Gasteiger partial charge in [0.15, 0.2) is 6.17 Å². The van der Waals surface area contributed by atoms with Gasteiger partial charge >= 0.3 is 12.0 Å². The third-order valence-electron chi connectivity index (χ3n) is 5.54. The number of carboxylic acid groups (broad SMARTS) is 1. The Bertz CT molecular complexity index is 913. The second-order valence-electron chi connectivity index (χ2n) is 7.91. The molecule has 1 aromatic carbocycles. The molecule has 0 aromatic heterocycles. The number of hydrogen-bond acceptors (Lipinski definition) is 7. The smallest absolute Gasteiger partial charge is 0.323 e. The summed E-state index contributed by atoms with van der Waals surface area (Å²) in [6.45, 7) is -0.490. The van der Waals surface area contributed by atoms with Crippen molar-refractivity contribution in [1.82, 2.24) is 21.0 Å². The van der Waals surface area contributed by atoms with Gasteiger partial charge in [-0.2, -0.15) is 5.01 Å². The summed E-state index contributed by atoms with van der Waals surface area (Å²) in [6.07, 6.45) is -1.20. The van der Waals surface area contributed by atoms with Crippen molar-refractivity contribution in [3.8, 4) is 0 Å². The van der Waals surface area contributed by atoms with Gasteiger partial charge in [-0.15, -0.1) is 0 Å². The molecule has 1 aromatic rings. The first-order valence-corrected chi connectivity index (χ1v) is 10.4.